The molecule has 1 aliphatic rings. The fourth-order valence-electron chi connectivity index (χ4n) is 3.29. The summed E-state index contributed by atoms with van der Waals surface area (Å²) in [5.41, 5.74) is 1.87. The molecule has 1 saturated heterocycles. The first kappa shape index (κ1) is 15.1. The van der Waals surface area contributed by atoms with E-state index in [1.807, 2.05) is 41.2 Å². The molecule has 3 heterocycles. The Labute approximate surface area is 141 Å². The first-order valence-corrected chi connectivity index (χ1v) is 8.47. The molecule has 0 saturated carbocycles. The highest BCUT2D eigenvalue weighted by Crippen LogP contribution is 2.25. The Hall–Kier alpha value is -2.47. The van der Waals surface area contributed by atoms with E-state index in [0.717, 1.165) is 48.7 Å². The molecule has 0 bridgehead atoms. The molecule has 4 rings (SSSR count). The number of aromatic nitrogens is 4. The number of hydrogen-bond acceptors (Lipinski definition) is 5. The van der Waals surface area contributed by atoms with Crippen LogP contribution in [0.1, 0.15) is 13.8 Å². The average molecular weight is 322 g/mol. The van der Waals surface area contributed by atoms with E-state index in [0.29, 0.717) is 6.04 Å². The molecule has 0 unspecified atom stereocenters. The summed E-state index contributed by atoms with van der Waals surface area (Å²) in [7, 11) is 0. The Kier molecular flexibility index (Phi) is 3.90. The largest absolute Gasteiger partial charge is 0.353 e. The maximum atomic E-state index is 4.55. The van der Waals surface area contributed by atoms with Crippen molar-refractivity contribution in [2.24, 2.45) is 0 Å². The van der Waals surface area contributed by atoms with Gasteiger partial charge in [-0.2, -0.15) is 5.10 Å². The summed E-state index contributed by atoms with van der Waals surface area (Å²) in [5, 5.41) is 5.55. The normalized spacial score (nSPS) is 16.2. The van der Waals surface area contributed by atoms with Crippen molar-refractivity contribution in [3.63, 3.8) is 0 Å². The molecule has 0 radical (unpaired) electrons. The van der Waals surface area contributed by atoms with Crippen LogP contribution in [0.25, 0.3) is 16.7 Å². The predicted molar refractivity (Wildman–Crippen MR) is 95.6 cm³/mol. The van der Waals surface area contributed by atoms with E-state index >= 15 is 0 Å². The van der Waals surface area contributed by atoms with Crippen LogP contribution in [0.3, 0.4) is 0 Å². The van der Waals surface area contributed by atoms with Gasteiger partial charge in [-0.05, 0) is 26.0 Å². The molecule has 1 fully saturated rings. The minimum atomic E-state index is 0.596. The molecule has 0 spiro atoms. The first-order chi connectivity index (χ1) is 11.7. The Morgan fingerprint density at radius 2 is 1.71 bits per heavy atom. The van der Waals surface area contributed by atoms with Gasteiger partial charge in [0.2, 0.25) is 0 Å². The smallest absolute Gasteiger partial charge is 0.168 e. The van der Waals surface area contributed by atoms with Crippen LogP contribution in [0.5, 0.6) is 0 Å². The van der Waals surface area contributed by atoms with Crippen molar-refractivity contribution in [2.45, 2.75) is 19.9 Å². The summed E-state index contributed by atoms with van der Waals surface area (Å²) in [6.45, 7) is 8.61. The standard InChI is InChI=1S/C18H22N6/c1-14(2)22-8-10-23(11-9-22)17-16-12-21-24(18(16)20-13-19-17)15-6-4-3-5-7-15/h3-7,12-14H,8-11H2,1-2H3. The molecular weight excluding hydrogens is 300 g/mol. The lowest BCUT2D eigenvalue weighted by Crippen LogP contribution is -2.49. The van der Waals surface area contributed by atoms with Crippen LogP contribution in [0.15, 0.2) is 42.9 Å². The number of rotatable bonds is 3. The minimum absolute atomic E-state index is 0.596. The van der Waals surface area contributed by atoms with E-state index in [2.05, 4.69) is 38.7 Å². The highest BCUT2D eigenvalue weighted by Gasteiger charge is 2.22. The van der Waals surface area contributed by atoms with Crippen LogP contribution in [0, 0.1) is 0 Å². The quantitative estimate of drug-likeness (QED) is 0.741. The Bertz CT molecular complexity index is 818. The van der Waals surface area contributed by atoms with Crippen molar-refractivity contribution in [1.29, 1.82) is 0 Å². The van der Waals surface area contributed by atoms with Gasteiger partial charge in [0.15, 0.2) is 5.65 Å². The fraction of sp³-hybridized carbons (Fsp3) is 0.389. The summed E-state index contributed by atoms with van der Waals surface area (Å²) in [6.07, 6.45) is 3.53. The zero-order valence-corrected chi connectivity index (χ0v) is 14.1. The molecule has 24 heavy (non-hydrogen) atoms. The summed E-state index contributed by atoms with van der Waals surface area (Å²) in [5.74, 6) is 0.991. The number of para-hydroxylation sites is 1. The maximum absolute atomic E-state index is 4.55. The van der Waals surface area contributed by atoms with Gasteiger partial charge in [-0.15, -0.1) is 0 Å². The lowest BCUT2D eigenvalue weighted by molar-refractivity contribution is 0.209. The van der Waals surface area contributed by atoms with Crippen LogP contribution >= 0.6 is 0 Å². The number of nitrogens with zero attached hydrogens (tertiary/aromatic N) is 6. The Balaban J connectivity index is 1.67. The Morgan fingerprint density at radius 3 is 2.42 bits per heavy atom. The fourth-order valence-corrected chi connectivity index (χ4v) is 3.29. The lowest BCUT2D eigenvalue weighted by Gasteiger charge is -2.37. The monoisotopic (exact) mass is 322 g/mol. The summed E-state index contributed by atoms with van der Waals surface area (Å²) in [6, 6.07) is 10.7. The second kappa shape index (κ2) is 6.20. The lowest BCUT2D eigenvalue weighted by atomic mass is 10.2. The van der Waals surface area contributed by atoms with Gasteiger partial charge in [-0.3, -0.25) is 4.90 Å². The van der Waals surface area contributed by atoms with Crippen LogP contribution in [0.4, 0.5) is 5.82 Å². The summed E-state index contributed by atoms with van der Waals surface area (Å²) in [4.78, 5) is 13.9. The van der Waals surface area contributed by atoms with E-state index in [1.54, 1.807) is 6.33 Å². The number of fused-ring (bicyclic) bond motifs is 1. The number of hydrogen-bond donors (Lipinski definition) is 0. The molecule has 3 aromatic rings. The first-order valence-electron chi connectivity index (χ1n) is 8.47. The van der Waals surface area contributed by atoms with Crippen molar-refractivity contribution < 1.29 is 0 Å². The van der Waals surface area contributed by atoms with Crippen molar-refractivity contribution in [1.82, 2.24) is 24.6 Å². The van der Waals surface area contributed by atoms with Gasteiger partial charge < -0.3 is 4.90 Å². The van der Waals surface area contributed by atoms with E-state index in [9.17, 15) is 0 Å². The van der Waals surface area contributed by atoms with E-state index < -0.39 is 0 Å². The van der Waals surface area contributed by atoms with E-state index in [1.165, 1.54) is 0 Å². The summed E-state index contributed by atoms with van der Waals surface area (Å²) < 4.78 is 1.88. The predicted octanol–water partition coefficient (Wildman–Crippen LogP) is 2.35. The van der Waals surface area contributed by atoms with E-state index in [4.69, 9.17) is 0 Å². The van der Waals surface area contributed by atoms with Gasteiger partial charge in [0.05, 0.1) is 17.3 Å². The van der Waals surface area contributed by atoms with Gasteiger partial charge in [0, 0.05) is 32.2 Å². The third-order valence-corrected chi connectivity index (χ3v) is 4.69. The zero-order chi connectivity index (χ0) is 16.5. The molecule has 6 nitrogen and oxygen atoms in total. The SMILES string of the molecule is CC(C)N1CCN(c2ncnc3c2cnn3-c2ccccc2)CC1. The topological polar surface area (TPSA) is 50.1 Å². The molecular formula is C18H22N6. The van der Waals surface area contributed by atoms with Gasteiger partial charge in [-0.1, -0.05) is 18.2 Å². The molecule has 0 amide bonds. The van der Waals surface area contributed by atoms with Crippen LogP contribution in [-0.4, -0.2) is 56.9 Å². The van der Waals surface area contributed by atoms with Crippen LogP contribution in [0.2, 0.25) is 0 Å². The molecule has 0 N–H and O–H groups in total. The van der Waals surface area contributed by atoms with Crippen molar-refractivity contribution >= 4 is 16.9 Å². The van der Waals surface area contributed by atoms with Crippen LogP contribution in [-0.2, 0) is 0 Å². The molecule has 124 valence electrons. The molecule has 1 aromatic carbocycles. The van der Waals surface area contributed by atoms with Crippen molar-refractivity contribution in [3.05, 3.63) is 42.9 Å². The van der Waals surface area contributed by atoms with Crippen molar-refractivity contribution in [2.75, 3.05) is 31.1 Å². The van der Waals surface area contributed by atoms with E-state index in [-0.39, 0.29) is 0 Å². The highest BCUT2D eigenvalue weighted by atomic mass is 15.3. The second-order valence-corrected chi connectivity index (χ2v) is 6.44. The molecule has 6 heteroatoms. The van der Waals surface area contributed by atoms with Crippen molar-refractivity contribution in [3.8, 4) is 5.69 Å². The molecule has 1 aliphatic heterocycles. The maximum Gasteiger partial charge on any atom is 0.168 e. The molecule has 2 aromatic heterocycles. The average Bonchev–Trinajstić information content (AvgIpc) is 3.06. The number of anilines is 1. The third kappa shape index (κ3) is 2.63. The highest BCUT2D eigenvalue weighted by molar-refractivity contribution is 5.87. The molecule has 0 atom stereocenters. The van der Waals surface area contributed by atoms with Gasteiger partial charge in [-0.25, -0.2) is 14.6 Å². The second-order valence-electron chi connectivity index (χ2n) is 6.44. The number of benzene rings is 1. The summed E-state index contributed by atoms with van der Waals surface area (Å²) >= 11 is 0. The number of piperazine rings is 1. The molecule has 0 aliphatic carbocycles. The zero-order valence-electron chi connectivity index (χ0n) is 14.1. The third-order valence-electron chi connectivity index (χ3n) is 4.69. The Morgan fingerprint density at radius 1 is 0.958 bits per heavy atom. The van der Waals surface area contributed by atoms with Gasteiger partial charge in [0.25, 0.3) is 0 Å². The van der Waals surface area contributed by atoms with Gasteiger partial charge in [0.1, 0.15) is 12.1 Å². The minimum Gasteiger partial charge on any atom is -0.353 e. The van der Waals surface area contributed by atoms with Crippen LogP contribution < -0.4 is 4.90 Å². The van der Waals surface area contributed by atoms with Gasteiger partial charge >= 0.3 is 0 Å².